The molecule has 1 saturated carbocycles. The van der Waals surface area contributed by atoms with Crippen molar-refractivity contribution in [2.24, 2.45) is 0 Å². The Kier molecular flexibility index (Phi) is 1.71. The fraction of sp³-hybridized carbons (Fsp3) is 0.364. The molecule has 1 heterocycles. The van der Waals surface area contributed by atoms with E-state index >= 15 is 0 Å². The second-order valence-electron chi connectivity index (χ2n) is 3.95. The van der Waals surface area contributed by atoms with Crippen LogP contribution in [0.15, 0.2) is 22.6 Å². The quantitative estimate of drug-likeness (QED) is 0.756. The van der Waals surface area contributed by atoms with Crippen molar-refractivity contribution in [3.63, 3.8) is 0 Å². The van der Waals surface area contributed by atoms with Crippen LogP contribution in [0, 0.1) is 5.82 Å². The largest absolute Gasteiger partial charge is 0.423 e. The fourth-order valence-corrected chi connectivity index (χ4v) is 1.66. The molecule has 0 spiro atoms. The van der Waals surface area contributed by atoms with E-state index in [0.717, 1.165) is 0 Å². The highest BCUT2D eigenvalue weighted by molar-refractivity contribution is 5.74. The summed E-state index contributed by atoms with van der Waals surface area (Å²) in [6.07, 6.45) is 2.37. The molecular formula is C11H11FN2O. The van der Waals surface area contributed by atoms with E-state index in [4.69, 9.17) is 4.42 Å². The maximum Gasteiger partial charge on any atom is 0.298 e. The summed E-state index contributed by atoms with van der Waals surface area (Å²) in [5.74, 6) is -0.292. The molecule has 0 saturated heterocycles. The number of aromatic nitrogens is 1. The number of fused-ring (bicyclic) bond motifs is 1. The van der Waals surface area contributed by atoms with E-state index in [2.05, 4.69) is 4.98 Å². The van der Waals surface area contributed by atoms with E-state index in [9.17, 15) is 4.39 Å². The Hall–Kier alpha value is -1.58. The summed E-state index contributed by atoms with van der Waals surface area (Å²) >= 11 is 0. The first-order chi connectivity index (χ1) is 7.24. The number of anilines is 1. The average Bonchev–Trinajstić information content (AvgIpc) is 2.97. The Labute approximate surface area is 86.5 Å². The van der Waals surface area contributed by atoms with Crippen molar-refractivity contribution < 1.29 is 8.81 Å². The lowest BCUT2D eigenvalue weighted by atomic mass is 10.3. The van der Waals surface area contributed by atoms with Gasteiger partial charge in [-0.1, -0.05) is 0 Å². The van der Waals surface area contributed by atoms with Gasteiger partial charge in [0.05, 0.1) is 0 Å². The van der Waals surface area contributed by atoms with Crippen molar-refractivity contribution in [1.29, 1.82) is 0 Å². The minimum Gasteiger partial charge on any atom is -0.423 e. The van der Waals surface area contributed by atoms with E-state index in [1.165, 1.54) is 25.0 Å². The molecule has 0 bridgehead atoms. The highest BCUT2D eigenvalue weighted by atomic mass is 19.1. The molecule has 1 aromatic heterocycles. The van der Waals surface area contributed by atoms with Crippen molar-refractivity contribution in [2.45, 2.75) is 18.9 Å². The maximum atomic E-state index is 12.9. The average molecular weight is 206 g/mol. The molecule has 1 aliphatic rings. The molecule has 1 aliphatic carbocycles. The van der Waals surface area contributed by atoms with Gasteiger partial charge in [0.15, 0.2) is 5.58 Å². The van der Waals surface area contributed by atoms with Crippen LogP contribution in [0.2, 0.25) is 0 Å². The van der Waals surface area contributed by atoms with Crippen LogP contribution < -0.4 is 4.90 Å². The van der Waals surface area contributed by atoms with Crippen molar-refractivity contribution in [2.75, 3.05) is 11.9 Å². The lowest BCUT2D eigenvalue weighted by Gasteiger charge is -2.11. The Morgan fingerprint density at radius 3 is 3.00 bits per heavy atom. The van der Waals surface area contributed by atoms with E-state index < -0.39 is 0 Å². The lowest BCUT2D eigenvalue weighted by Crippen LogP contribution is -2.19. The first-order valence-corrected chi connectivity index (χ1v) is 5.03. The molecular weight excluding hydrogens is 195 g/mol. The van der Waals surface area contributed by atoms with Gasteiger partial charge in [-0.2, -0.15) is 4.98 Å². The molecule has 1 aromatic carbocycles. The third-order valence-electron chi connectivity index (χ3n) is 2.74. The summed E-state index contributed by atoms with van der Waals surface area (Å²) in [5, 5.41) is 0. The summed E-state index contributed by atoms with van der Waals surface area (Å²) in [6, 6.07) is 5.53. The van der Waals surface area contributed by atoms with Gasteiger partial charge in [0.25, 0.3) is 6.01 Å². The molecule has 3 nitrogen and oxygen atoms in total. The minimum absolute atomic E-state index is 0.292. The molecule has 0 amide bonds. The Morgan fingerprint density at radius 2 is 2.27 bits per heavy atom. The summed E-state index contributed by atoms with van der Waals surface area (Å²) in [6.45, 7) is 0. The third-order valence-corrected chi connectivity index (χ3v) is 2.74. The van der Waals surface area contributed by atoms with Crippen LogP contribution >= 0.6 is 0 Å². The van der Waals surface area contributed by atoms with Crippen molar-refractivity contribution in [3.05, 3.63) is 24.0 Å². The SMILES string of the molecule is CN(c1nc2ccc(F)cc2o1)C1CC1. The summed E-state index contributed by atoms with van der Waals surface area (Å²) in [7, 11) is 1.96. The molecule has 1 fully saturated rings. The molecule has 78 valence electrons. The zero-order chi connectivity index (χ0) is 10.4. The Morgan fingerprint density at radius 1 is 1.47 bits per heavy atom. The number of benzene rings is 1. The van der Waals surface area contributed by atoms with E-state index in [0.29, 0.717) is 23.2 Å². The summed E-state index contributed by atoms with van der Waals surface area (Å²) in [5.41, 5.74) is 1.22. The van der Waals surface area contributed by atoms with E-state index in [1.54, 1.807) is 6.07 Å². The van der Waals surface area contributed by atoms with Gasteiger partial charge in [-0.15, -0.1) is 0 Å². The zero-order valence-electron chi connectivity index (χ0n) is 8.40. The number of rotatable bonds is 2. The maximum absolute atomic E-state index is 12.9. The number of halogens is 1. The van der Waals surface area contributed by atoms with Crippen LogP contribution in [-0.4, -0.2) is 18.1 Å². The topological polar surface area (TPSA) is 29.3 Å². The van der Waals surface area contributed by atoms with Crippen LogP contribution in [0.4, 0.5) is 10.4 Å². The van der Waals surface area contributed by atoms with Crippen LogP contribution in [-0.2, 0) is 0 Å². The normalized spacial score (nSPS) is 15.9. The smallest absolute Gasteiger partial charge is 0.298 e. The Bertz CT molecular complexity index is 504. The zero-order valence-corrected chi connectivity index (χ0v) is 8.40. The molecule has 0 aliphatic heterocycles. The monoisotopic (exact) mass is 206 g/mol. The minimum atomic E-state index is -0.292. The van der Waals surface area contributed by atoms with Crippen LogP contribution in [0.5, 0.6) is 0 Å². The summed E-state index contributed by atoms with van der Waals surface area (Å²) < 4.78 is 18.4. The molecule has 0 radical (unpaired) electrons. The molecule has 3 rings (SSSR count). The number of hydrogen-bond donors (Lipinski definition) is 0. The molecule has 0 atom stereocenters. The molecule has 0 N–H and O–H groups in total. The van der Waals surface area contributed by atoms with Gasteiger partial charge in [-0.05, 0) is 25.0 Å². The van der Waals surface area contributed by atoms with Crippen molar-refractivity contribution in [1.82, 2.24) is 4.98 Å². The molecule has 4 heteroatoms. The highest BCUT2D eigenvalue weighted by Gasteiger charge is 2.29. The van der Waals surface area contributed by atoms with Gasteiger partial charge in [-0.25, -0.2) is 4.39 Å². The van der Waals surface area contributed by atoms with Gasteiger partial charge in [0.1, 0.15) is 11.3 Å². The van der Waals surface area contributed by atoms with Gasteiger partial charge in [0.2, 0.25) is 0 Å². The van der Waals surface area contributed by atoms with Crippen LogP contribution in [0.1, 0.15) is 12.8 Å². The predicted molar refractivity (Wildman–Crippen MR) is 55.4 cm³/mol. The Balaban J connectivity index is 2.05. The van der Waals surface area contributed by atoms with Gasteiger partial charge >= 0.3 is 0 Å². The fourth-order valence-electron chi connectivity index (χ4n) is 1.66. The standard InChI is InChI=1S/C11H11FN2O/c1-14(8-3-4-8)11-13-9-5-2-7(12)6-10(9)15-11/h2,5-6,8H,3-4H2,1H3. The van der Waals surface area contributed by atoms with Gasteiger partial charge in [0, 0.05) is 19.2 Å². The van der Waals surface area contributed by atoms with Gasteiger partial charge in [-0.3, -0.25) is 0 Å². The van der Waals surface area contributed by atoms with Gasteiger partial charge < -0.3 is 9.32 Å². The van der Waals surface area contributed by atoms with Crippen molar-refractivity contribution in [3.8, 4) is 0 Å². The van der Waals surface area contributed by atoms with Crippen LogP contribution in [0.25, 0.3) is 11.1 Å². The first-order valence-electron chi connectivity index (χ1n) is 5.03. The third kappa shape index (κ3) is 1.46. The second kappa shape index (κ2) is 2.95. The van der Waals surface area contributed by atoms with Crippen molar-refractivity contribution >= 4 is 17.1 Å². The highest BCUT2D eigenvalue weighted by Crippen LogP contribution is 2.31. The summed E-state index contributed by atoms with van der Waals surface area (Å²) in [4.78, 5) is 6.32. The lowest BCUT2D eigenvalue weighted by molar-refractivity contribution is 0.575. The van der Waals surface area contributed by atoms with E-state index in [-0.39, 0.29) is 5.82 Å². The molecule has 15 heavy (non-hydrogen) atoms. The van der Waals surface area contributed by atoms with Crippen LogP contribution in [0.3, 0.4) is 0 Å². The molecule has 0 unspecified atom stereocenters. The van der Waals surface area contributed by atoms with E-state index in [1.807, 2.05) is 11.9 Å². The number of hydrogen-bond acceptors (Lipinski definition) is 3. The number of nitrogens with zero attached hydrogens (tertiary/aromatic N) is 2. The first kappa shape index (κ1) is 8.71. The molecule has 2 aromatic rings. The second-order valence-corrected chi connectivity index (χ2v) is 3.95. The number of oxazole rings is 1. The predicted octanol–water partition coefficient (Wildman–Crippen LogP) is 2.57.